The molecule has 0 spiro atoms. The van der Waals surface area contributed by atoms with Crippen LogP contribution in [0.1, 0.15) is 65.2 Å². The van der Waals surface area contributed by atoms with Gasteiger partial charge >= 0.3 is 0 Å². The highest BCUT2D eigenvalue weighted by atomic mass is 32.2. The van der Waals surface area contributed by atoms with E-state index in [9.17, 15) is 18.0 Å². The molecular formula is C25H34N6O4S. The average Bonchev–Trinajstić information content (AvgIpc) is 3.37. The van der Waals surface area contributed by atoms with Crippen molar-refractivity contribution < 1.29 is 18.0 Å². The Hall–Kier alpha value is -2.92. The SMILES string of the molecule is Cc1nn(-c2ccc(C(N)=O)c(NC3CCN(S(C)(=O)=O)C3)c2)c2c1C(=O)N(CC1CC1)C(C)(C)C2. The number of aromatic nitrogens is 2. The summed E-state index contributed by atoms with van der Waals surface area (Å²) >= 11 is 0. The quantitative estimate of drug-likeness (QED) is 0.580. The standard InChI is InChI=1S/C25H34N6O4S/c1-15-22-21(12-25(2,3)30(24(22)33)13-16-5-6-16)31(28-15)18-7-8-19(23(26)32)20(11-18)27-17-9-10-29(14-17)36(4,34)35/h7-8,11,16-17,27H,5-6,9-10,12-14H2,1-4H3,(H2,26,32). The number of sulfonamides is 1. The number of hydrogen-bond acceptors (Lipinski definition) is 6. The minimum atomic E-state index is -3.29. The molecule has 10 nitrogen and oxygen atoms in total. The molecule has 1 saturated carbocycles. The molecule has 1 atom stereocenters. The fourth-order valence-electron chi connectivity index (χ4n) is 5.40. The summed E-state index contributed by atoms with van der Waals surface area (Å²) in [6, 6.07) is 5.09. The highest BCUT2D eigenvalue weighted by Gasteiger charge is 2.43. The van der Waals surface area contributed by atoms with Crippen molar-refractivity contribution >= 4 is 27.5 Å². The monoisotopic (exact) mass is 514 g/mol. The van der Waals surface area contributed by atoms with E-state index in [2.05, 4.69) is 19.2 Å². The highest BCUT2D eigenvalue weighted by Crippen LogP contribution is 2.38. The van der Waals surface area contributed by atoms with Crippen molar-refractivity contribution in [1.82, 2.24) is 19.0 Å². The third kappa shape index (κ3) is 4.50. The topological polar surface area (TPSA) is 131 Å². The molecule has 2 fully saturated rings. The molecule has 0 radical (unpaired) electrons. The summed E-state index contributed by atoms with van der Waals surface area (Å²) < 4.78 is 27.1. The van der Waals surface area contributed by atoms with Crippen LogP contribution in [-0.2, 0) is 16.4 Å². The van der Waals surface area contributed by atoms with E-state index in [1.807, 2.05) is 17.9 Å². The van der Waals surface area contributed by atoms with Crippen molar-refractivity contribution in [2.24, 2.45) is 11.7 Å². The minimum absolute atomic E-state index is 0.0239. The van der Waals surface area contributed by atoms with E-state index < -0.39 is 15.9 Å². The maximum absolute atomic E-state index is 13.6. The molecular weight excluding hydrogens is 480 g/mol. The molecule has 3 aliphatic rings. The number of nitrogens with two attached hydrogens (primary N) is 1. The van der Waals surface area contributed by atoms with E-state index in [-0.39, 0.29) is 17.5 Å². The summed E-state index contributed by atoms with van der Waals surface area (Å²) in [5, 5.41) is 8.06. The largest absolute Gasteiger partial charge is 0.380 e. The number of anilines is 1. The van der Waals surface area contributed by atoms with Crippen LogP contribution in [0.4, 0.5) is 5.69 Å². The van der Waals surface area contributed by atoms with Crippen molar-refractivity contribution in [3.63, 3.8) is 0 Å². The van der Waals surface area contributed by atoms with Crippen LogP contribution >= 0.6 is 0 Å². The lowest BCUT2D eigenvalue weighted by Gasteiger charge is -2.42. The zero-order chi connectivity index (χ0) is 26.0. The van der Waals surface area contributed by atoms with E-state index in [1.54, 1.807) is 16.8 Å². The maximum Gasteiger partial charge on any atom is 0.258 e. The number of hydrogen-bond donors (Lipinski definition) is 2. The van der Waals surface area contributed by atoms with Crippen molar-refractivity contribution in [3.05, 3.63) is 40.7 Å². The first-order chi connectivity index (χ1) is 16.8. The fourth-order valence-corrected chi connectivity index (χ4v) is 6.29. The van der Waals surface area contributed by atoms with E-state index in [4.69, 9.17) is 10.8 Å². The summed E-state index contributed by atoms with van der Waals surface area (Å²) in [4.78, 5) is 27.7. The van der Waals surface area contributed by atoms with Crippen LogP contribution in [0.15, 0.2) is 18.2 Å². The molecule has 1 unspecified atom stereocenters. The van der Waals surface area contributed by atoms with Gasteiger partial charge in [0.15, 0.2) is 0 Å². The van der Waals surface area contributed by atoms with Gasteiger partial charge in [-0.3, -0.25) is 9.59 Å². The van der Waals surface area contributed by atoms with Gasteiger partial charge in [0.25, 0.3) is 11.8 Å². The number of primary amides is 1. The molecule has 1 aromatic carbocycles. The van der Waals surface area contributed by atoms with Gasteiger partial charge in [-0.2, -0.15) is 5.10 Å². The number of nitrogens with zero attached hydrogens (tertiary/aromatic N) is 4. The van der Waals surface area contributed by atoms with Gasteiger partial charge in [-0.15, -0.1) is 0 Å². The molecule has 0 bridgehead atoms. The molecule has 11 heteroatoms. The summed E-state index contributed by atoms with van der Waals surface area (Å²) in [7, 11) is -3.29. The van der Waals surface area contributed by atoms with Crippen LogP contribution in [0.2, 0.25) is 0 Å². The molecule has 3 heterocycles. The second-order valence-electron chi connectivity index (χ2n) is 11.0. The third-order valence-electron chi connectivity index (χ3n) is 7.58. The van der Waals surface area contributed by atoms with Gasteiger partial charge in [0.05, 0.1) is 34.5 Å². The van der Waals surface area contributed by atoms with Crippen molar-refractivity contribution in [2.45, 2.75) is 58.0 Å². The number of carbonyl (C=O) groups is 2. The maximum atomic E-state index is 13.6. The Kier molecular flexibility index (Phi) is 5.90. The van der Waals surface area contributed by atoms with Crippen LogP contribution in [-0.4, -0.2) is 76.7 Å². The van der Waals surface area contributed by atoms with Gasteiger partial charge in [-0.25, -0.2) is 17.4 Å². The third-order valence-corrected chi connectivity index (χ3v) is 8.85. The number of rotatable bonds is 7. The summed E-state index contributed by atoms with van der Waals surface area (Å²) in [5.74, 6) is 0.0397. The van der Waals surface area contributed by atoms with Crippen LogP contribution in [0.25, 0.3) is 5.69 Å². The summed E-state index contributed by atoms with van der Waals surface area (Å²) in [5.41, 5.74) is 9.05. The lowest BCUT2D eigenvalue weighted by molar-refractivity contribution is 0.0487. The lowest BCUT2D eigenvalue weighted by Crippen LogP contribution is -2.53. The lowest BCUT2D eigenvalue weighted by atomic mass is 9.87. The molecule has 5 rings (SSSR count). The molecule has 1 aromatic heterocycles. The first-order valence-corrected chi connectivity index (χ1v) is 14.3. The second kappa shape index (κ2) is 8.58. The van der Waals surface area contributed by atoms with E-state index in [0.29, 0.717) is 60.0 Å². The van der Waals surface area contributed by atoms with E-state index in [0.717, 1.165) is 12.2 Å². The normalized spacial score (nSPS) is 22.1. The first kappa shape index (κ1) is 24.8. The molecule has 1 aliphatic carbocycles. The number of nitrogens with one attached hydrogen (secondary N) is 1. The molecule has 3 N–H and O–H groups in total. The van der Waals surface area contributed by atoms with Crippen LogP contribution in [0.3, 0.4) is 0 Å². The van der Waals surface area contributed by atoms with Gasteiger partial charge in [0.1, 0.15) is 0 Å². The Balaban J connectivity index is 1.49. The number of amides is 2. The predicted octanol–water partition coefficient (Wildman–Crippen LogP) is 1.91. The number of carbonyl (C=O) groups excluding carboxylic acids is 2. The van der Waals surface area contributed by atoms with Crippen molar-refractivity contribution in [3.8, 4) is 5.69 Å². The average molecular weight is 515 g/mol. The Morgan fingerprint density at radius 2 is 1.97 bits per heavy atom. The van der Waals surface area contributed by atoms with Gasteiger partial charge < -0.3 is 16.0 Å². The molecule has 2 aliphatic heterocycles. The van der Waals surface area contributed by atoms with Crippen molar-refractivity contribution in [1.29, 1.82) is 0 Å². The van der Waals surface area contributed by atoms with Gasteiger partial charge in [-0.1, -0.05) is 0 Å². The number of benzene rings is 1. The van der Waals surface area contributed by atoms with E-state index >= 15 is 0 Å². The van der Waals surface area contributed by atoms with Gasteiger partial charge in [0, 0.05) is 43.3 Å². The Labute approximate surface area is 211 Å². The number of aryl methyl sites for hydroxylation is 1. The molecule has 2 amide bonds. The molecule has 2 aromatic rings. The highest BCUT2D eigenvalue weighted by molar-refractivity contribution is 7.88. The molecule has 36 heavy (non-hydrogen) atoms. The smallest absolute Gasteiger partial charge is 0.258 e. The van der Waals surface area contributed by atoms with Crippen molar-refractivity contribution in [2.75, 3.05) is 31.2 Å². The van der Waals surface area contributed by atoms with Crippen LogP contribution in [0.5, 0.6) is 0 Å². The fraction of sp³-hybridized carbons (Fsp3) is 0.560. The Morgan fingerprint density at radius 1 is 1.25 bits per heavy atom. The Morgan fingerprint density at radius 3 is 2.58 bits per heavy atom. The van der Waals surface area contributed by atoms with Gasteiger partial charge in [0.2, 0.25) is 10.0 Å². The Bertz CT molecular complexity index is 1340. The van der Waals surface area contributed by atoms with E-state index in [1.165, 1.54) is 23.4 Å². The summed E-state index contributed by atoms with van der Waals surface area (Å²) in [6.45, 7) is 7.57. The van der Waals surface area contributed by atoms with Gasteiger partial charge in [-0.05, 0) is 64.2 Å². The molecule has 1 saturated heterocycles. The first-order valence-electron chi connectivity index (χ1n) is 12.4. The van der Waals surface area contributed by atoms with Crippen LogP contribution in [0, 0.1) is 12.8 Å². The number of fused-ring (bicyclic) bond motifs is 1. The molecule has 194 valence electrons. The zero-order valence-electron chi connectivity index (χ0n) is 21.2. The summed E-state index contributed by atoms with van der Waals surface area (Å²) in [6.07, 6.45) is 4.83. The zero-order valence-corrected chi connectivity index (χ0v) is 22.1. The van der Waals surface area contributed by atoms with Crippen LogP contribution < -0.4 is 11.1 Å². The predicted molar refractivity (Wildman–Crippen MR) is 137 cm³/mol. The minimum Gasteiger partial charge on any atom is -0.380 e. The second-order valence-corrected chi connectivity index (χ2v) is 13.0.